The molecule has 0 radical (unpaired) electrons. The number of hydrogen-bond acceptors (Lipinski definition) is 15. The number of aryl methyl sites for hydroxylation is 2. The SMILES string of the molecule is C=CC(=O)Cl.C=CC(=O)Nc1cccc(Nc2nc(N3CCCC[C@H]3CCO)nc3c(CC)cnn23)c1.CCc1cnn2c(Nc3cccc(N)c3)nc(N3CCCC[C@H]3CCO)nc12. The molecule has 8 rings (SSSR count). The van der Waals surface area contributed by atoms with Gasteiger partial charge in [-0.3, -0.25) is 9.59 Å². The second kappa shape index (κ2) is 23.3. The molecule has 0 unspecified atom stereocenters. The summed E-state index contributed by atoms with van der Waals surface area (Å²) in [6, 6.07) is 15.4. The van der Waals surface area contributed by atoms with E-state index in [2.05, 4.69) is 63.0 Å². The van der Waals surface area contributed by atoms with Gasteiger partial charge in [0.25, 0.3) is 0 Å². The normalized spacial score (nSPS) is 15.9. The molecular weight excluding hydrogens is 848 g/mol. The molecule has 4 aromatic heterocycles. The molecule has 0 saturated carbocycles. The van der Waals surface area contributed by atoms with Gasteiger partial charge in [0.15, 0.2) is 11.3 Å². The zero-order valence-electron chi connectivity index (χ0n) is 37.0. The van der Waals surface area contributed by atoms with Crippen LogP contribution in [0.4, 0.5) is 46.5 Å². The minimum absolute atomic E-state index is 0.143. The highest BCUT2D eigenvalue weighted by Gasteiger charge is 2.28. The Morgan fingerprint density at radius 2 is 1.22 bits per heavy atom. The number of nitrogen functional groups attached to an aromatic ring is 1. The van der Waals surface area contributed by atoms with Gasteiger partial charge in [0, 0.05) is 72.3 Å². The van der Waals surface area contributed by atoms with E-state index >= 15 is 0 Å². The molecule has 7 N–H and O–H groups in total. The molecule has 6 aromatic rings. The van der Waals surface area contributed by atoms with Gasteiger partial charge < -0.3 is 41.7 Å². The van der Waals surface area contributed by atoms with E-state index in [-0.39, 0.29) is 31.2 Å². The lowest BCUT2D eigenvalue weighted by Gasteiger charge is -2.35. The van der Waals surface area contributed by atoms with Crippen molar-refractivity contribution in [1.29, 1.82) is 0 Å². The number of nitrogens with two attached hydrogens (primary N) is 1. The summed E-state index contributed by atoms with van der Waals surface area (Å²) in [6.07, 6.45) is 15.6. The van der Waals surface area contributed by atoms with Crippen molar-refractivity contribution in [3.8, 4) is 0 Å². The number of nitrogens with one attached hydrogen (secondary N) is 3. The summed E-state index contributed by atoms with van der Waals surface area (Å²) in [5.74, 6) is 2.22. The lowest BCUT2D eigenvalue weighted by atomic mass is 10.0. The van der Waals surface area contributed by atoms with E-state index in [4.69, 9.17) is 37.3 Å². The smallest absolute Gasteiger partial charge is 0.247 e. The number of fused-ring (bicyclic) bond motifs is 2. The van der Waals surface area contributed by atoms with Crippen LogP contribution in [0.2, 0.25) is 0 Å². The summed E-state index contributed by atoms with van der Waals surface area (Å²) in [5.41, 5.74) is 12.6. The van der Waals surface area contributed by atoms with Crippen molar-refractivity contribution in [2.24, 2.45) is 0 Å². The minimum Gasteiger partial charge on any atom is -0.399 e. The third-order valence-electron chi connectivity index (χ3n) is 11.2. The number of aliphatic hydroxyl groups excluding tert-OH is 2. The van der Waals surface area contributed by atoms with Gasteiger partial charge in [-0.25, -0.2) is 0 Å². The lowest BCUT2D eigenvalue weighted by Crippen LogP contribution is -2.41. The van der Waals surface area contributed by atoms with Crippen molar-refractivity contribution in [2.75, 3.05) is 57.8 Å². The van der Waals surface area contributed by atoms with Gasteiger partial charge in [0.1, 0.15) is 0 Å². The first-order valence-corrected chi connectivity index (χ1v) is 22.5. The van der Waals surface area contributed by atoms with Crippen LogP contribution in [0.3, 0.4) is 0 Å². The van der Waals surface area contributed by atoms with E-state index in [0.29, 0.717) is 41.6 Å². The van der Waals surface area contributed by atoms with Crippen molar-refractivity contribution in [1.82, 2.24) is 39.2 Å². The van der Waals surface area contributed by atoms with E-state index in [1.807, 2.05) is 60.9 Å². The van der Waals surface area contributed by atoms with Crippen LogP contribution < -0.4 is 31.5 Å². The highest BCUT2D eigenvalue weighted by molar-refractivity contribution is 6.66. The molecule has 344 valence electrons. The number of carbonyl (C=O) groups is 2. The van der Waals surface area contributed by atoms with Gasteiger partial charge in [-0.15, -0.1) is 0 Å². The van der Waals surface area contributed by atoms with E-state index in [9.17, 15) is 19.8 Å². The number of hydrogen-bond donors (Lipinski definition) is 6. The van der Waals surface area contributed by atoms with Gasteiger partial charge >= 0.3 is 0 Å². The molecule has 2 fully saturated rings. The van der Waals surface area contributed by atoms with Crippen LogP contribution in [-0.4, -0.2) is 98.9 Å². The zero-order chi connectivity index (χ0) is 46.3. The molecule has 0 spiro atoms. The maximum atomic E-state index is 11.7. The number of carbonyl (C=O) groups excluding carboxylic acids is 2. The third-order valence-corrected chi connectivity index (χ3v) is 11.3. The molecule has 1 amide bonds. The van der Waals surface area contributed by atoms with Gasteiger partial charge in [-0.1, -0.05) is 39.1 Å². The fourth-order valence-corrected chi connectivity index (χ4v) is 7.91. The number of rotatable bonds is 15. The summed E-state index contributed by atoms with van der Waals surface area (Å²) < 4.78 is 3.46. The average molecular weight is 908 g/mol. The maximum Gasteiger partial charge on any atom is 0.247 e. The van der Waals surface area contributed by atoms with Gasteiger partial charge in [-0.2, -0.15) is 39.2 Å². The molecule has 19 heteroatoms. The summed E-state index contributed by atoms with van der Waals surface area (Å²) in [7, 11) is 0. The highest BCUT2D eigenvalue weighted by atomic mass is 35.5. The molecule has 6 heterocycles. The van der Waals surface area contributed by atoms with Crippen molar-refractivity contribution in [3.63, 3.8) is 0 Å². The Hall–Kier alpha value is -6.63. The summed E-state index contributed by atoms with van der Waals surface area (Å²) in [4.78, 5) is 44.9. The molecule has 0 aliphatic carbocycles. The van der Waals surface area contributed by atoms with E-state index in [1.165, 1.54) is 12.5 Å². The van der Waals surface area contributed by atoms with E-state index < -0.39 is 5.24 Å². The molecule has 2 aliphatic heterocycles. The van der Waals surface area contributed by atoms with E-state index in [0.717, 1.165) is 104 Å². The number of allylic oxidation sites excluding steroid dienone is 1. The Bertz CT molecular complexity index is 2560. The monoisotopic (exact) mass is 906 g/mol. The summed E-state index contributed by atoms with van der Waals surface area (Å²) in [6.45, 7) is 12.8. The second-order valence-electron chi connectivity index (χ2n) is 15.6. The third kappa shape index (κ3) is 12.3. The number of aromatic nitrogens is 8. The number of aliphatic hydroxyl groups is 2. The predicted molar refractivity (Wildman–Crippen MR) is 257 cm³/mol. The summed E-state index contributed by atoms with van der Waals surface area (Å²) >= 11 is 4.71. The summed E-state index contributed by atoms with van der Waals surface area (Å²) in [5, 5.41) is 36.9. The Kier molecular flexibility index (Phi) is 17.2. The first kappa shape index (κ1) is 47.8. The van der Waals surface area contributed by atoms with Crippen molar-refractivity contribution >= 4 is 80.6 Å². The van der Waals surface area contributed by atoms with E-state index in [1.54, 1.807) is 9.03 Å². The molecular formula is C46H59ClN14O4. The first-order chi connectivity index (χ1) is 31.6. The number of piperidine rings is 2. The van der Waals surface area contributed by atoms with Crippen LogP contribution in [0.15, 0.2) is 86.2 Å². The van der Waals surface area contributed by atoms with Crippen LogP contribution in [-0.2, 0) is 22.4 Å². The predicted octanol–water partition coefficient (Wildman–Crippen LogP) is 6.99. The highest BCUT2D eigenvalue weighted by Crippen LogP contribution is 2.30. The maximum absolute atomic E-state index is 11.7. The molecule has 0 bridgehead atoms. The molecule has 2 atom stereocenters. The topological polar surface area (TPSA) is 229 Å². The van der Waals surface area contributed by atoms with Crippen LogP contribution in [0.5, 0.6) is 0 Å². The van der Waals surface area contributed by atoms with Gasteiger partial charge in [0.2, 0.25) is 34.9 Å². The molecule has 2 aromatic carbocycles. The largest absolute Gasteiger partial charge is 0.399 e. The Morgan fingerprint density at radius 3 is 1.66 bits per heavy atom. The second-order valence-corrected chi connectivity index (χ2v) is 16.0. The van der Waals surface area contributed by atoms with Crippen LogP contribution in [0, 0.1) is 0 Å². The van der Waals surface area contributed by atoms with Crippen molar-refractivity contribution in [3.05, 3.63) is 97.4 Å². The number of amides is 1. The molecule has 18 nitrogen and oxygen atoms in total. The standard InChI is InChI=1S/C23H29N7O2.C20H27N7O.C3H3ClO/c1-3-16-15-24-30-21(16)27-22(29-12-6-5-10-19(29)11-13-31)28-23(30)26-18-9-7-8-17(14-18)25-20(32)4-2;1-2-14-13-22-27-18(14)24-19(26-10-4-3-8-17(26)9-11-28)25-20(27)23-16-7-5-6-15(21)12-16;1-2-3(4)5/h4,7-9,14-15,19,31H,2-3,5-6,10-13H2,1H3,(H,25,32)(H,26,27,28);5-7,12-13,17,28H,2-4,8-11,21H2,1H3,(H,23,24,25);2H,1H2/t19-;17-;/m00./s1. The van der Waals surface area contributed by atoms with Gasteiger partial charge in [-0.05, 0) is 124 Å². The van der Waals surface area contributed by atoms with Crippen molar-refractivity contribution in [2.45, 2.75) is 90.1 Å². The first-order valence-electron chi connectivity index (χ1n) is 22.1. The van der Waals surface area contributed by atoms with Crippen molar-refractivity contribution < 1.29 is 19.8 Å². The van der Waals surface area contributed by atoms with Crippen LogP contribution >= 0.6 is 11.6 Å². The average Bonchev–Trinajstić information content (AvgIpc) is 3.94. The Balaban J connectivity index is 0.000000197. The number of anilines is 8. The quantitative estimate of drug-likeness (QED) is 0.0347. The lowest BCUT2D eigenvalue weighted by molar-refractivity contribution is -0.112. The van der Waals surface area contributed by atoms with Gasteiger partial charge in [0.05, 0.1) is 12.4 Å². The fraction of sp³-hybridized carbons (Fsp3) is 0.391. The fourth-order valence-electron chi connectivity index (χ4n) is 7.91. The molecule has 2 saturated heterocycles. The number of halogens is 1. The minimum atomic E-state index is -0.509. The van der Waals surface area contributed by atoms with Crippen LogP contribution in [0.25, 0.3) is 11.3 Å². The molecule has 2 aliphatic rings. The molecule has 65 heavy (non-hydrogen) atoms. The number of nitrogens with zero attached hydrogens (tertiary/aromatic N) is 10. The van der Waals surface area contributed by atoms with Crippen LogP contribution in [0.1, 0.15) is 76.3 Å². The Morgan fingerprint density at radius 1 is 0.738 bits per heavy atom. The zero-order valence-corrected chi connectivity index (χ0v) is 37.8. The number of benzene rings is 2. The Labute approximate surface area is 383 Å².